The number of ether oxygens (including phenoxy) is 3. The maximum absolute atomic E-state index is 12.6. The average molecular weight is 393 g/mol. The molecule has 1 N–H and O–H groups in total. The number of likely N-dealkylation sites (N-methyl/N-ethyl adjacent to an activating group) is 1. The van der Waals surface area contributed by atoms with Crippen molar-refractivity contribution in [3.8, 4) is 17.2 Å². The van der Waals surface area contributed by atoms with Crippen molar-refractivity contribution >= 4 is 23.2 Å². The standard InChI is InChI=1S/C20H25ClN2O4/c1-14(23(2)10-11-27-17-7-5-6-15(21)12-17)20(24)22-18-13-16(25-3)8-9-19(18)26-4/h5-9,12-14H,10-11H2,1-4H3,(H,22,24). The normalized spacial score (nSPS) is 11.8. The van der Waals surface area contributed by atoms with E-state index in [9.17, 15) is 4.79 Å². The third-order valence-corrected chi connectivity index (χ3v) is 4.45. The van der Waals surface area contributed by atoms with Gasteiger partial charge in [-0.15, -0.1) is 0 Å². The summed E-state index contributed by atoms with van der Waals surface area (Å²) in [6, 6.07) is 12.1. The summed E-state index contributed by atoms with van der Waals surface area (Å²) >= 11 is 5.94. The van der Waals surface area contributed by atoms with Crippen molar-refractivity contribution in [3.63, 3.8) is 0 Å². The Labute approximate surface area is 165 Å². The summed E-state index contributed by atoms with van der Waals surface area (Å²) in [6.45, 7) is 2.86. The average Bonchev–Trinajstić information content (AvgIpc) is 2.67. The molecule has 1 amide bonds. The number of carbonyl (C=O) groups is 1. The van der Waals surface area contributed by atoms with Crippen LogP contribution in [-0.2, 0) is 4.79 Å². The van der Waals surface area contributed by atoms with Crippen molar-refractivity contribution < 1.29 is 19.0 Å². The van der Waals surface area contributed by atoms with E-state index in [4.69, 9.17) is 25.8 Å². The molecule has 0 saturated carbocycles. The van der Waals surface area contributed by atoms with Crippen molar-refractivity contribution in [2.45, 2.75) is 13.0 Å². The molecule has 2 aromatic rings. The molecule has 0 heterocycles. The molecule has 0 radical (unpaired) electrons. The highest BCUT2D eigenvalue weighted by Crippen LogP contribution is 2.29. The van der Waals surface area contributed by atoms with E-state index in [0.717, 1.165) is 0 Å². The largest absolute Gasteiger partial charge is 0.497 e. The Morgan fingerprint density at radius 1 is 1.15 bits per heavy atom. The zero-order chi connectivity index (χ0) is 19.8. The predicted octanol–water partition coefficient (Wildman–Crippen LogP) is 3.70. The van der Waals surface area contributed by atoms with E-state index in [1.165, 1.54) is 0 Å². The lowest BCUT2D eigenvalue weighted by molar-refractivity contribution is -0.120. The number of rotatable bonds is 9. The summed E-state index contributed by atoms with van der Waals surface area (Å²) in [5.41, 5.74) is 0.567. The van der Waals surface area contributed by atoms with Gasteiger partial charge in [-0.2, -0.15) is 0 Å². The SMILES string of the molecule is COc1ccc(OC)c(NC(=O)C(C)N(C)CCOc2cccc(Cl)c2)c1. The first-order valence-corrected chi connectivity index (χ1v) is 8.94. The van der Waals surface area contributed by atoms with Gasteiger partial charge in [0.2, 0.25) is 5.91 Å². The second kappa shape index (κ2) is 10.0. The number of anilines is 1. The van der Waals surface area contributed by atoms with Gasteiger partial charge in [0.05, 0.1) is 25.9 Å². The van der Waals surface area contributed by atoms with E-state index in [1.807, 2.05) is 31.0 Å². The molecule has 0 aliphatic rings. The molecule has 27 heavy (non-hydrogen) atoms. The van der Waals surface area contributed by atoms with E-state index in [0.29, 0.717) is 41.1 Å². The lowest BCUT2D eigenvalue weighted by Gasteiger charge is -2.24. The molecule has 0 aliphatic carbocycles. The van der Waals surface area contributed by atoms with Crippen LogP contribution in [0.4, 0.5) is 5.69 Å². The summed E-state index contributed by atoms with van der Waals surface area (Å²) in [7, 11) is 5.00. The second-order valence-electron chi connectivity index (χ2n) is 6.02. The molecular weight excluding hydrogens is 368 g/mol. The van der Waals surface area contributed by atoms with Crippen molar-refractivity contribution in [1.82, 2.24) is 4.90 Å². The maximum atomic E-state index is 12.6. The molecule has 0 bridgehead atoms. The molecular formula is C20H25ClN2O4. The van der Waals surface area contributed by atoms with Gasteiger partial charge in [-0.1, -0.05) is 17.7 Å². The van der Waals surface area contributed by atoms with Crippen LogP contribution in [0, 0.1) is 0 Å². The number of nitrogens with zero attached hydrogens (tertiary/aromatic N) is 1. The molecule has 0 spiro atoms. The Morgan fingerprint density at radius 3 is 2.59 bits per heavy atom. The summed E-state index contributed by atoms with van der Waals surface area (Å²) in [6.07, 6.45) is 0. The minimum Gasteiger partial charge on any atom is -0.497 e. The topological polar surface area (TPSA) is 60.0 Å². The van der Waals surface area contributed by atoms with Crippen LogP contribution in [-0.4, -0.2) is 51.3 Å². The molecule has 0 aliphatic heterocycles. The Balaban J connectivity index is 1.90. The zero-order valence-electron chi connectivity index (χ0n) is 16.0. The van der Waals surface area contributed by atoms with Gasteiger partial charge < -0.3 is 19.5 Å². The summed E-state index contributed by atoms with van der Waals surface area (Å²) in [4.78, 5) is 14.5. The van der Waals surface area contributed by atoms with Crippen LogP contribution in [0.3, 0.4) is 0 Å². The number of methoxy groups -OCH3 is 2. The first-order valence-electron chi connectivity index (χ1n) is 8.56. The minimum atomic E-state index is -0.358. The second-order valence-corrected chi connectivity index (χ2v) is 6.45. The molecule has 1 atom stereocenters. The molecule has 0 fully saturated rings. The molecule has 2 rings (SSSR count). The predicted molar refractivity (Wildman–Crippen MR) is 107 cm³/mol. The van der Waals surface area contributed by atoms with Crippen LogP contribution in [0.15, 0.2) is 42.5 Å². The van der Waals surface area contributed by atoms with Crippen molar-refractivity contribution in [1.29, 1.82) is 0 Å². The fourth-order valence-corrected chi connectivity index (χ4v) is 2.59. The summed E-state index contributed by atoms with van der Waals surface area (Å²) < 4.78 is 16.2. The number of carbonyl (C=O) groups excluding carboxylic acids is 1. The van der Waals surface area contributed by atoms with Crippen LogP contribution < -0.4 is 19.5 Å². The zero-order valence-corrected chi connectivity index (χ0v) is 16.7. The van der Waals surface area contributed by atoms with Crippen molar-refractivity contribution in [3.05, 3.63) is 47.5 Å². The fraction of sp³-hybridized carbons (Fsp3) is 0.350. The highest BCUT2D eigenvalue weighted by molar-refractivity contribution is 6.30. The first kappa shape index (κ1) is 20.9. The number of benzene rings is 2. The smallest absolute Gasteiger partial charge is 0.241 e. The molecule has 6 nitrogen and oxygen atoms in total. The number of halogens is 1. The van der Waals surface area contributed by atoms with E-state index in [1.54, 1.807) is 44.6 Å². The van der Waals surface area contributed by atoms with Crippen LogP contribution in [0.25, 0.3) is 0 Å². The lowest BCUT2D eigenvalue weighted by Crippen LogP contribution is -2.41. The quantitative estimate of drug-likeness (QED) is 0.705. The van der Waals surface area contributed by atoms with E-state index >= 15 is 0 Å². The van der Waals surface area contributed by atoms with Crippen LogP contribution >= 0.6 is 11.6 Å². The van der Waals surface area contributed by atoms with Crippen molar-refractivity contribution in [2.75, 3.05) is 39.7 Å². The van der Waals surface area contributed by atoms with Gasteiger partial charge in [-0.05, 0) is 44.3 Å². The first-order chi connectivity index (χ1) is 12.9. The minimum absolute atomic E-state index is 0.146. The molecule has 7 heteroatoms. The fourth-order valence-electron chi connectivity index (χ4n) is 2.41. The number of nitrogens with one attached hydrogen (secondary N) is 1. The summed E-state index contributed by atoms with van der Waals surface area (Å²) in [5, 5.41) is 3.51. The van der Waals surface area contributed by atoms with E-state index in [-0.39, 0.29) is 11.9 Å². The molecule has 2 aromatic carbocycles. The third-order valence-electron chi connectivity index (χ3n) is 4.21. The number of hydrogen-bond acceptors (Lipinski definition) is 5. The molecule has 1 unspecified atom stereocenters. The Hall–Kier alpha value is -2.44. The van der Waals surface area contributed by atoms with Gasteiger partial charge in [-0.3, -0.25) is 9.69 Å². The Kier molecular flexibility index (Phi) is 7.76. The highest BCUT2D eigenvalue weighted by atomic mass is 35.5. The van der Waals surface area contributed by atoms with Crippen LogP contribution in [0.1, 0.15) is 6.92 Å². The Morgan fingerprint density at radius 2 is 1.93 bits per heavy atom. The van der Waals surface area contributed by atoms with Gasteiger partial charge in [0.15, 0.2) is 0 Å². The van der Waals surface area contributed by atoms with Crippen LogP contribution in [0.2, 0.25) is 5.02 Å². The van der Waals surface area contributed by atoms with Gasteiger partial charge in [0, 0.05) is 17.6 Å². The van der Waals surface area contributed by atoms with E-state index < -0.39 is 0 Å². The van der Waals surface area contributed by atoms with E-state index in [2.05, 4.69) is 5.32 Å². The molecule has 146 valence electrons. The Bertz CT molecular complexity index is 769. The molecule has 0 aromatic heterocycles. The number of hydrogen-bond donors (Lipinski definition) is 1. The van der Waals surface area contributed by atoms with Gasteiger partial charge >= 0.3 is 0 Å². The number of amides is 1. The van der Waals surface area contributed by atoms with Gasteiger partial charge in [-0.25, -0.2) is 0 Å². The third kappa shape index (κ3) is 6.05. The van der Waals surface area contributed by atoms with Crippen molar-refractivity contribution in [2.24, 2.45) is 0 Å². The van der Waals surface area contributed by atoms with Gasteiger partial charge in [0.1, 0.15) is 23.9 Å². The molecule has 0 saturated heterocycles. The summed E-state index contributed by atoms with van der Waals surface area (Å²) in [5.74, 6) is 1.77. The lowest BCUT2D eigenvalue weighted by atomic mass is 10.2. The van der Waals surface area contributed by atoms with Gasteiger partial charge in [0.25, 0.3) is 0 Å². The maximum Gasteiger partial charge on any atom is 0.241 e. The highest BCUT2D eigenvalue weighted by Gasteiger charge is 2.19. The monoisotopic (exact) mass is 392 g/mol. The van der Waals surface area contributed by atoms with Crippen LogP contribution in [0.5, 0.6) is 17.2 Å².